The third-order valence-corrected chi connectivity index (χ3v) is 10.1. The summed E-state index contributed by atoms with van der Waals surface area (Å²) in [6, 6.07) is 14.7. The Morgan fingerprint density at radius 3 is 2.35 bits per heavy atom. The second-order valence-electron chi connectivity index (χ2n) is 11.5. The van der Waals surface area contributed by atoms with Crippen LogP contribution in [-0.2, 0) is 37.1 Å². The molecular formula is C33H50ClN3O8S. The predicted octanol–water partition coefficient (Wildman–Crippen LogP) is 3.56. The molecule has 1 heterocycles. The number of rotatable bonds is 19. The number of amides is 2. The lowest BCUT2D eigenvalue weighted by atomic mass is 10.0. The smallest absolute Gasteiger partial charge is 0.408 e. The van der Waals surface area contributed by atoms with Gasteiger partial charge in [0.1, 0.15) is 17.9 Å². The summed E-state index contributed by atoms with van der Waals surface area (Å²) < 4.78 is 43.0. The van der Waals surface area contributed by atoms with Crippen molar-refractivity contribution in [3.8, 4) is 5.75 Å². The van der Waals surface area contributed by atoms with Gasteiger partial charge in [-0.3, -0.25) is 4.79 Å². The zero-order valence-corrected chi connectivity index (χ0v) is 28.6. The summed E-state index contributed by atoms with van der Waals surface area (Å²) in [5.41, 5.74) is 1.83. The molecule has 11 nitrogen and oxygen atoms in total. The molecule has 1 fully saturated rings. The number of nitrogens with one attached hydrogen (secondary N) is 3. The third-order valence-electron chi connectivity index (χ3n) is 7.81. The minimum atomic E-state index is -3.77. The molecule has 4 atom stereocenters. The maximum absolute atomic E-state index is 13.8. The van der Waals surface area contributed by atoms with Crippen molar-refractivity contribution >= 4 is 34.2 Å². The van der Waals surface area contributed by atoms with Crippen molar-refractivity contribution in [3.63, 3.8) is 0 Å². The normalized spacial score (nSPS) is 16.6. The SMILES string of the molecule is CCCC(CCC)S(=O)(=O)C[C@@H](NC(=O)O[C@H]1CCOC1)C(=O)N[C@@H](Cc1ccccc1)[C@H](O)CNCc1cccc(OC)c1.Cl. The molecule has 1 saturated heterocycles. The first kappa shape index (κ1) is 39.3. The number of hydrogen-bond acceptors (Lipinski definition) is 9. The Kier molecular flexibility index (Phi) is 17.4. The fourth-order valence-electron chi connectivity index (χ4n) is 5.36. The van der Waals surface area contributed by atoms with E-state index in [0.717, 1.165) is 16.9 Å². The number of sulfone groups is 1. The Hall–Kier alpha value is -2.90. The maximum Gasteiger partial charge on any atom is 0.408 e. The monoisotopic (exact) mass is 683 g/mol. The fourth-order valence-corrected chi connectivity index (χ4v) is 7.52. The highest BCUT2D eigenvalue weighted by Crippen LogP contribution is 2.18. The number of hydrogen-bond donors (Lipinski definition) is 4. The predicted molar refractivity (Wildman–Crippen MR) is 180 cm³/mol. The summed E-state index contributed by atoms with van der Waals surface area (Å²) in [5.74, 6) is -0.573. The average Bonchev–Trinajstić information content (AvgIpc) is 3.53. The highest BCUT2D eigenvalue weighted by Gasteiger charge is 2.35. The van der Waals surface area contributed by atoms with Gasteiger partial charge in [-0.2, -0.15) is 0 Å². The maximum atomic E-state index is 13.8. The first-order valence-corrected chi connectivity index (χ1v) is 17.5. The van der Waals surface area contributed by atoms with Gasteiger partial charge in [-0.15, -0.1) is 12.4 Å². The first-order valence-electron chi connectivity index (χ1n) is 15.8. The molecule has 0 radical (unpaired) electrons. The molecule has 258 valence electrons. The van der Waals surface area contributed by atoms with Gasteiger partial charge >= 0.3 is 6.09 Å². The Labute approximate surface area is 279 Å². The summed E-state index contributed by atoms with van der Waals surface area (Å²) >= 11 is 0. The molecule has 0 unspecified atom stereocenters. The number of benzene rings is 2. The van der Waals surface area contributed by atoms with E-state index in [1.54, 1.807) is 7.11 Å². The molecule has 1 aliphatic rings. The quantitative estimate of drug-likeness (QED) is 0.174. The molecule has 13 heteroatoms. The Morgan fingerprint density at radius 2 is 1.72 bits per heavy atom. The number of halogens is 1. The van der Waals surface area contributed by atoms with E-state index in [1.807, 2.05) is 68.4 Å². The molecule has 2 aromatic rings. The van der Waals surface area contributed by atoms with Crippen molar-refractivity contribution in [2.24, 2.45) is 0 Å². The second-order valence-corrected chi connectivity index (χ2v) is 13.8. The van der Waals surface area contributed by atoms with Crippen LogP contribution in [0.2, 0.25) is 0 Å². The minimum absolute atomic E-state index is 0. The van der Waals surface area contributed by atoms with Crippen molar-refractivity contribution in [3.05, 3.63) is 65.7 Å². The lowest BCUT2D eigenvalue weighted by molar-refractivity contribution is -0.124. The van der Waals surface area contributed by atoms with E-state index in [1.165, 1.54) is 0 Å². The third kappa shape index (κ3) is 13.1. The summed E-state index contributed by atoms with van der Waals surface area (Å²) in [7, 11) is -2.18. The van der Waals surface area contributed by atoms with E-state index in [9.17, 15) is 23.1 Å². The van der Waals surface area contributed by atoms with Gasteiger partial charge in [0.05, 0.1) is 43.5 Å². The topological polar surface area (TPSA) is 152 Å². The van der Waals surface area contributed by atoms with Crippen LogP contribution in [-0.4, -0.2) is 87.7 Å². The number of aliphatic hydroxyl groups excluding tert-OH is 1. The van der Waals surface area contributed by atoms with Crippen LogP contribution in [0.15, 0.2) is 54.6 Å². The van der Waals surface area contributed by atoms with Crippen molar-refractivity contribution in [2.75, 3.05) is 32.6 Å². The molecule has 0 aliphatic carbocycles. The number of aliphatic hydroxyl groups is 1. The van der Waals surface area contributed by atoms with E-state index in [-0.39, 0.29) is 32.0 Å². The van der Waals surface area contributed by atoms with Gasteiger partial charge < -0.3 is 35.3 Å². The van der Waals surface area contributed by atoms with Crippen LogP contribution in [0.1, 0.15) is 57.1 Å². The molecule has 46 heavy (non-hydrogen) atoms. The Morgan fingerprint density at radius 1 is 1.02 bits per heavy atom. The van der Waals surface area contributed by atoms with E-state index in [2.05, 4.69) is 16.0 Å². The summed E-state index contributed by atoms with van der Waals surface area (Å²) in [6.45, 7) is 5.13. The largest absolute Gasteiger partial charge is 0.497 e. The molecule has 1 aliphatic heterocycles. The van der Waals surface area contributed by atoms with Gasteiger partial charge in [0.15, 0.2) is 9.84 Å². The molecule has 2 amide bonds. The molecule has 0 bridgehead atoms. The lowest BCUT2D eigenvalue weighted by Gasteiger charge is -2.28. The number of alkyl carbamates (subject to hydrolysis) is 1. The number of ether oxygens (including phenoxy) is 3. The van der Waals surface area contributed by atoms with E-state index in [4.69, 9.17) is 14.2 Å². The van der Waals surface area contributed by atoms with Crippen molar-refractivity contribution in [2.45, 2.75) is 88.5 Å². The van der Waals surface area contributed by atoms with Crippen LogP contribution in [0.3, 0.4) is 0 Å². The van der Waals surface area contributed by atoms with Crippen LogP contribution in [0.4, 0.5) is 4.79 Å². The van der Waals surface area contributed by atoms with Crippen molar-refractivity contribution in [1.29, 1.82) is 0 Å². The van der Waals surface area contributed by atoms with Crippen LogP contribution in [0.5, 0.6) is 5.75 Å². The standard InChI is InChI=1S/C33H49N3O8S.ClH/c1-4-10-28(11-5-2)45(40,41)23-30(36-33(39)44-27-16-17-43-22-27)32(38)35-29(19-24-12-7-6-8-13-24)31(37)21-34-20-25-14-9-15-26(18-25)42-3;/h6-9,12-15,18,27-31,34,37H,4-5,10-11,16-17,19-23H2,1-3H3,(H,35,38)(H,36,39);1H/t27-,29-,30+,31+;/m0./s1. The number of carbonyl (C=O) groups is 2. The van der Waals surface area contributed by atoms with Gasteiger partial charge in [0.25, 0.3) is 0 Å². The summed E-state index contributed by atoms with van der Waals surface area (Å²) in [6.07, 6.45) is 0.680. The molecule has 4 N–H and O–H groups in total. The molecule has 3 rings (SSSR count). The van der Waals surface area contributed by atoms with Gasteiger partial charge in [-0.25, -0.2) is 13.2 Å². The second kappa shape index (κ2) is 20.4. The minimum Gasteiger partial charge on any atom is -0.497 e. The molecule has 0 spiro atoms. The van der Waals surface area contributed by atoms with Gasteiger partial charge in [0, 0.05) is 19.5 Å². The first-order chi connectivity index (χ1) is 21.6. The zero-order chi connectivity index (χ0) is 32.7. The lowest BCUT2D eigenvalue weighted by Crippen LogP contribution is -2.57. The highest BCUT2D eigenvalue weighted by atomic mass is 35.5. The van der Waals surface area contributed by atoms with Gasteiger partial charge in [-0.05, 0) is 42.5 Å². The van der Waals surface area contributed by atoms with Crippen LogP contribution >= 0.6 is 12.4 Å². The van der Waals surface area contributed by atoms with E-state index >= 15 is 0 Å². The van der Waals surface area contributed by atoms with Gasteiger partial charge in [0.2, 0.25) is 5.91 Å². The summed E-state index contributed by atoms with van der Waals surface area (Å²) in [5, 5.41) is 19.2. The van der Waals surface area contributed by atoms with E-state index in [0.29, 0.717) is 45.3 Å². The number of methoxy groups -OCH3 is 1. The highest BCUT2D eigenvalue weighted by molar-refractivity contribution is 7.92. The Bertz CT molecular complexity index is 1290. The van der Waals surface area contributed by atoms with Crippen molar-refractivity contribution in [1.82, 2.24) is 16.0 Å². The molecular weight excluding hydrogens is 634 g/mol. The molecule has 0 saturated carbocycles. The molecule has 0 aromatic heterocycles. The zero-order valence-electron chi connectivity index (χ0n) is 27.0. The van der Waals surface area contributed by atoms with Crippen LogP contribution in [0, 0.1) is 0 Å². The Balaban J connectivity index is 0.00000736. The average molecular weight is 684 g/mol. The van der Waals surface area contributed by atoms with Crippen LogP contribution in [0.25, 0.3) is 0 Å². The summed E-state index contributed by atoms with van der Waals surface area (Å²) in [4.78, 5) is 26.6. The van der Waals surface area contributed by atoms with E-state index < -0.39 is 57.1 Å². The van der Waals surface area contributed by atoms with Crippen molar-refractivity contribution < 1.29 is 37.3 Å². The molecule has 2 aromatic carbocycles. The van der Waals surface area contributed by atoms with Crippen LogP contribution < -0.4 is 20.7 Å². The fraction of sp³-hybridized carbons (Fsp3) is 0.576. The van der Waals surface area contributed by atoms with Gasteiger partial charge in [-0.1, -0.05) is 69.2 Å². The number of carbonyl (C=O) groups excluding carboxylic acids is 2.